The van der Waals surface area contributed by atoms with Crippen LogP contribution >= 0.6 is 0 Å². The van der Waals surface area contributed by atoms with E-state index in [2.05, 4.69) is 29.0 Å². The maximum Gasteiger partial charge on any atom is 0.0628 e. The monoisotopic (exact) mass is 222 g/mol. The van der Waals surface area contributed by atoms with Crippen molar-refractivity contribution >= 4 is 0 Å². The van der Waals surface area contributed by atoms with Crippen LogP contribution in [0.4, 0.5) is 0 Å². The fraction of sp³-hybridized carbons (Fsp3) is 0.769. The lowest BCUT2D eigenvalue weighted by molar-refractivity contribution is 0.235. The lowest BCUT2D eigenvalue weighted by Gasteiger charge is -2.21. The summed E-state index contributed by atoms with van der Waals surface area (Å²) in [5.41, 5.74) is 1.12. The van der Waals surface area contributed by atoms with E-state index in [-0.39, 0.29) is 6.61 Å². The Labute approximate surface area is 97.5 Å². The first kappa shape index (κ1) is 11.6. The van der Waals surface area contributed by atoms with E-state index in [1.54, 1.807) is 0 Å². The molecule has 0 amide bonds. The normalized spacial score (nSPS) is 19.9. The SMILES string of the molecule is CC(CO)Cc1ccn(C2CCCCC2)n1. The van der Waals surface area contributed by atoms with E-state index in [9.17, 15) is 0 Å². The van der Waals surface area contributed by atoms with Crippen LogP contribution in [0.25, 0.3) is 0 Å². The quantitative estimate of drug-likeness (QED) is 0.850. The predicted molar refractivity (Wildman–Crippen MR) is 64.3 cm³/mol. The molecule has 1 aromatic heterocycles. The molecular formula is C13H22N2O. The molecule has 0 aliphatic heterocycles. The largest absolute Gasteiger partial charge is 0.396 e. The van der Waals surface area contributed by atoms with Crippen molar-refractivity contribution in [3.8, 4) is 0 Å². The van der Waals surface area contributed by atoms with Gasteiger partial charge in [-0.3, -0.25) is 4.68 Å². The molecular weight excluding hydrogens is 200 g/mol. The number of aliphatic hydroxyl groups excluding tert-OH is 1. The molecule has 1 aromatic rings. The Hall–Kier alpha value is -0.830. The summed E-state index contributed by atoms with van der Waals surface area (Å²) >= 11 is 0. The average molecular weight is 222 g/mol. The molecule has 1 fully saturated rings. The molecule has 1 unspecified atom stereocenters. The zero-order valence-corrected chi connectivity index (χ0v) is 10.1. The van der Waals surface area contributed by atoms with E-state index in [4.69, 9.17) is 5.11 Å². The van der Waals surface area contributed by atoms with Gasteiger partial charge < -0.3 is 5.11 Å². The van der Waals surface area contributed by atoms with Gasteiger partial charge in [0.15, 0.2) is 0 Å². The van der Waals surface area contributed by atoms with E-state index in [1.165, 1.54) is 32.1 Å². The zero-order chi connectivity index (χ0) is 11.4. The van der Waals surface area contributed by atoms with E-state index in [1.807, 2.05) is 0 Å². The molecule has 0 radical (unpaired) electrons. The van der Waals surface area contributed by atoms with Gasteiger partial charge in [-0.2, -0.15) is 5.10 Å². The van der Waals surface area contributed by atoms with Crippen molar-refractivity contribution in [3.05, 3.63) is 18.0 Å². The second kappa shape index (κ2) is 5.48. The van der Waals surface area contributed by atoms with Gasteiger partial charge in [0, 0.05) is 12.8 Å². The third-order valence-corrected chi connectivity index (χ3v) is 3.48. The Balaban J connectivity index is 1.95. The highest BCUT2D eigenvalue weighted by Crippen LogP contribution is 2.27. The smallest absolute Gasteiger partial charge is 0.0628 e. The second-order valence-corrected chi connectivity index (χ2v) is 5.07. The Morgan fingerprint density at radius 2 is 2.19 bits per heavy atom. The van der Waals surface area contributed by atoms with Crippen LogP contribution in [0.2, 0.25) is 0 Å². The number of aromatic nitrogens is 2. The maximum absolute atomic E-state index is 9.02. The predicted octanol–water partition coefficient (Wildman–Crippen LogP) is 2.56. The van der Waals surface area contributed by atoms with Crippen LogP contribution in [0.3, 0.4) is 0 Å². The molecule has 90 valence electrons. The van der Waals surface area contributed by atoms with Crippen LogP contribution in [0.1, 0.15) is 50.8 Å². The molecule has 1 heterocycles. The maximum atomic E-state index is 9.02. The Kier molecular flexibility index (Phi) is 3.99. The van der Waals surface area contributed by atoms with Gasteiger partial charge in [0.05, 0.1) is 11.7 Å². The lowest BCUT2D eigenvalue weighted by Crippen LogP contribution is -2.14. The van der Waals surface area contributed by atoms with Gasteiger partial charge in [0.25, 0.3) is 0 Å². The molecule has 16 heavy (non-hydrogen) atoms. The number of aliphatic hydroxyl groups is 1. The molecule has 2 rings (SSSR count). The van der Waals surface area contributed by atoms with Crippen molar-refractivity contribution in [2.24, 2.45) is 5.92 Å². The summed E-state index contributed by atoms with van der Waals surface area (Å²) < 4.78 is 2.14. The van der Waals surface area contributed by atoms with Crippen LogP contribution in [0, 0.1) is 5.92 Å². The molecule has 1 aliphatic carbocycles. The number of hydrogen-bond donors (Lipinski definition) is 1. The van der Waals surface area contributed by atoms with Crippen LogP contribution in [0.15, 0.2) is 12.3 Å². The van der Waals surface area contributed by atoms with Crippen molar-refractivity contribution in [2.45, 2.75) is 51.5 Å². The second-order valence-electron chi connectivity index (χ2n) is 5.07. The lowest BCUT2D eigenvalue weighted by atomic mass is 9.96. The van der Waals surface area contributed by atoms with Gasteiger partial charge in [-0.1, -0.05) is 26.2 Å². The zero-order valence-electron chi connectivity index (χ0n) is 10.1. The summed E-state index contributed by atoms with van der Waals surface area (Å²) in [5.74, 6) is 0.315. The van der Waals surface area contributed by atoms with Crippen LogP contribution in [-0.2, 0) is 6.42 Å². The van der Waals surface area contributed by atoms with Crippen molar-refractivity contribution in [2.75, 3.05) is 6.61 Å². The molecule has 0 spiro atoms. The summed E-state index contributed by atoms with van der Waals surface area (Å²) in [6.45, 7) is 2.30. The molecule has 1 saturated carbocycles. The number of nitrogens with zero attached hydrogens (tertiary/aromatic N) is 2. The van der Waals surface area contributed by atoms with E-state index < -0.39 is 0 Å². The molecule has 3 heteroatoms. The standard InChI is InChI=1S/C13H22N2O/c1-11(10-16)9-12-7-8-15(14-12)13-5-3-2-4-6-13/h7-8,11,13,16H,2-6,9-10H2,1H3. The molecule has 0 saturated heterocycles. The van der Waals surface area contributed by atoms with Gasteiger partial charge >= 0.3 is 0 Å². The summed E-state index contributed by atoms with van der Waals surface area (Å²) in [5, 5.41) is 13.6. The van der Waals surface area contributed by atoms with Crippen LogP contribution in [0.5, 0.6) is 0 Å². The number of hydrogen-bond acceptors (Lipinski definition) is 2. The van der Waals surface area contributed by atoms with Crippen LogP contribution < -0.4 is 0 Å². The summed E-state index contributed by atoms with van der Waals surface area (Å²) in [6.07, 6.45) is 9.60. The first-order valence-electron chi connectivity index (χ1n) is 6.44. The molecule has 1 N–H and O–H groups in total. The topological polar surface area (TPSA) is 38.0 Å². The fourth-order valence-corrected chi connectivity index (χ4v) is 2.46. The Morgan fingerprint density at radius 1 is 1.44 bits per heavy atom. The molecule has 1 aliphatic rings. The first-order chi connectivity index (χ1) is 7.79. The third kappa shape index (κ3) is 2.85. The average Bonchev–Trinajstić information content (AvgIpc) is 2.78. The van der Waals surface area contributed by atoms with Crippen molar-refractivity contribution in [1.29, 1.82) is 0 Å². The summed E-state index contributed by atoms with van der Waals surface area (Å²) in [7, 11) is 0. The van der Waals surface area contributed by atoms with E-state index in [0.717, 1.165) is 12.1 Å². The fourth-order valence-electron chi connectivity index (χ4n) is 2.46. The van der Waals surface area contributed by atoms with Crippen molar-refractivity contribution < 1.29 is 5.11 Å². The minimum atomic E-state index is 0.246. The summed E-state index contributed by atoms with van der Waals surface area (Å²) in [4.78, 5) is 0. The van der Waals surface area contributed by atoms with Gasteiger partial charge in [-0.15, -0.1) is 0 Å². The highest BCUT2D eigenvalue weighted by atomic mass is 16.3. The first-order valence-corrected chi connectivity index (χ1v) is 6.44. The van der Waals surface area contributed by atoms with Crippen molar-refractivity contribution in [1.82, 2.24) is 9.78 Å². The third-order valence-electron chi connectivity index (χ3n) is 3.48. The highest BCUT2D eigenvalue weighted by Gasteiger charge is 2.16. The van der Waals surface area contributed by atoms with Crippen LogP contribution in [-0.4, -0.2) is 21.5 Å². The molecule has 3 nitrogen and oxygen atoms in total. The van der Waals surface area contributed by atoms with Gasteiger partial charge in [-0.25, -0.2) is 0 Å². The van der Waals surface area contributed by atoms with E-state index in [0.29, 0.717) is 12.0 Å². The van der Waals surface area contributed by atoms with Crippen molar-refractivity contribution in [3.63, 3.8) is 0 Å². The molecule has 1 atom stereocenters. The highest BCUT2D eigenvalue weighted by molar-refractivity contribution is 5.01. The number of rotatable bonds is 4. The molecule has 0 aromatic carbocycles. The minimum absolute atomic E-state index is 0.246. The van der Waals surface area contributed by atoms with Gasteiger partial charge in [0.2, 0.25) is 0 Å². The minimum Gasteiger partial charge on any atom is -0.396 e. The van der Waals surface area contributed by atoms with Gasteiger partial charge in [-0.05, 0) is 31.2 Å². The Morgan fingerprint density at radius 3 is 2.88 bits per heavy atom. The Bertz CT molecular complexity index is 315. The summed E-state index contributed by atoms with van der Waals surface area (Å²) in [6, 6.07) is 2.72. The molecule has 0 bridgehead atoms. The van der Waals surface area contributed by atoms with Gasteiger partial charge in [0.1, 0.15) is 0 Å². The van der Waals surface area contributed by atoms with E-state index >= 15 is 0 Å².